The molecule has 1 saturated heterocycles. The zero-order valence-electron chi connectivity index (χ0n) is 6.15. The van der Waals surface area contributed by atoms with Crippen LogP contribution in [0.5, 0.6) is 0 Å². The van der Waals surface area contributed by atoms with E-state index in [9.17, 15) is 8.78 Å². The van der Waals surface area contributed by atoms with Gasteiger partial charge in [-0.05, 0) is 0 Å². The first-order valence-corrected chi connectivity index (χ1v) is 3.43. The van der Waals surface area contributed by atoms with E-state index < -0.39 is 37.4 Å². The van der Waals surface area contributed by atoms with E-state index in [2.05, 4.69) is 4.74 Å². The molecule has 0 bridgehead atoms. The molecule has 0 amide bonds. The molecular formula is C6H10F2O4. The molecule has 1 fully saturated rings. The van der Waals surface area contributed by atoms with E-state index in [0.29, 0.717) is 0 Å². The lowest BCUT2D eigenvalue weighted by atomic mass is 10.1. The smallest absolute Gasteiger partial charge is 0.224 e. The molecule has 72 valence electrons. The second-order valence-electron chi connectivity index (χ2n) is 2.72. The van der Waals surface area contributed by atoms with Crippen LogP contribution in [-0.2, 0) is 4.74 Å². The van der Waals surface area contributed by atoms with E-state index >= 15 is 0 Å². The summed E-state index contributed by atoms with van der Waals surface area (Å²) in [7, 11) is 0. The summed E-state index contributed by atoms with van der Waals surface area (Å²) >= 11 is 0. The number of rotatable bonds is 2. The Kier molecular flexibility index (Phi) is 2.62. The average Bonchev–Trinajstić information content (AvgIpc) is 2.31. The van der Waals surface area contributed by atoms with Gasteiger partial charge in [-0.3, -0.25) is 0 Å². The summed E-state index contributed by atoms with van der Waals surface area (Å²) in [6.45, 7) is -2.47. The second kappa shape index (κ2) is 3.21. The van der Waals surface area contributed by atoms with Crippen molar-refractivity contribution < 1.29 is 28.8 Å². The molecule has 0 aliphatic carbocycles. The largest absolute Gasteiger partial charge is 0.387 e. The Morgan fingerprint density at radius 2 is 1.92 bits per heavy atom. The van der Waals surface area contributed by atoms with Gasteiger partial charge in [-0.1, -0.05) is 0 Å². The molecule has 0 aromatic rings. The van der Waals surface area contributed by atoms with Crippen molar-refractivity contribution in [3.63, 3.8) is 0 Å². The van der Waals surface area contributed by atoms with Gasteiger partial charge >= 0.3 is 0 Å². The van der Waals surface area contributed by atoms with Crippen molar-refractivity contribution in [3.8, 4) is 0 Å². The number of aliphatic hydroxyl groups excluding tert-OH is 2. The molecule has 3 N–H and O–H groups in total. The van der Waals surface area contributed by atoms with Crippen LogP contribution in [0.2, 0.25) is 0 Å². The maximum Gasteiger partial charge on any atom is 0.224 e. The number of alkyl halides is 2. The van der Waals surface area contributed by atoms with Gasteiger partial charge in [0.05, 0.1) is 0 Å². The summed E-state index contributed by atoms with van der Waals surface area (Å²) < 4.78 is 28.4. The predicted octanol–water partition coefficient (Wildman–Crippen LogP) is -1.27. The van der Waals surface area contributed by atoms with E-state index in [1.807, 2.05) is 0 Å². The number of ether oxygens (including phenoxy) is 1. The Labute approximate surface area is 67.4 Å². The first-order valence-electron chi connectivity index (χ1n) is 3.43. The van der Waals surface area contributed by atoms with E-state index in [1.54, 1.807) is 0 Å². The van der Waals surface area contributed by atoms with Gasteiger partial charge in [0.2, 0.25) is 5.79 Å². The van der Waals surface area contributed by atoms with Gasteiger partial charge in [0.25, 0.3) is 0 Å². The van der Waals surface area contributed by atoms with Crippen molar-refractivity contribution in [1.82, 2.24) is 0 Å². The Morgan fingerprint density at radius 3 is 2.17 bits per heavy atom. The van der Waals surface area contributed by atoms with Gasteiger partial charge in [-0.25, -0.2) is 8.78 Å². The van der Waals surface area contributed by atoms with Gasteiger partial charge in [0, 0.05) is 0 Å². The molecule has 0 aromatic carbocycles. The minimum absolute atomic E-state index is 1.08. The van der Waals surface area contributed by atoms with Crippen LogP contribution < -0.4 is 0 Å². The van der Waals surface area contributed by atoms with Gasteiger partial charge in [0.15, 0.2) is 0 Å². The van der Waals surface area contributed by atoms with Crippen LogP contribution in [0, 0.1) is 0 Å². The average molecular weight is 184 g/mol. The molecule has 0 aromatic heterocycles. The molecule has 0 saturated carbocycles. The van der Waals surface area contributed by atoms with Crippen LogP contribution in [0.3, 0.4) is 0 Å². The molecule has 4 unspecified atom stereocenters. The summed E-state index contributed by atoms with van der Waals surface area (Å²) in [5.74, 6) is -2.46. The minimum atomic E-state index is -2.46. The highest BCUT2D eigenvalue weighted by molar-refractivity contribution is 4.94. The molecular weight excluding hydrogens is 174 g/mol. The van der Waals surface area contributed by atoms with Gasteiger partial charge in [0.1, 0.15) is 31.7 Å². The molecule has 1 heterocycles. The first-order chi connectivity index (χ1) is 5.55. The number of hydrogen-bond donors (Lipinski definition) is 3. The third kappa shape index (κ3) is 1.31. The van der Waals surface area contributed by atoms with Crippen molar-refractivity contribution in [2.75, 3.05) is 13.3 Å². The molecule has 12 heavy (non-hydrogen) atoms. The zero-order valence-corrected chi connectivity index (χ0v) is 6.15. The lowest BCUT2D eigenvalue weighted by molar-refractivity contribution is -0.236. The summed E-state index contributed by atoms with van der Waals surface area (Å²) in [6.07, 6.45) is -4.75. The normalized spacial score (nSPS) is 48.2. The SMILES string of the molecule is OC1C(CF)OC(O)(CF)C1O. The molecule has 1 aliphatic rings. The maximum absolute atomic E-state index is 12.0. The first kappa shape index (κ1) is 9.79. The van der Waals surface area contributed by atoms with Crippen LogP contribution in [0.1, 0.15) is 0 Å². The van der Waals surface area contributed by atoms with Crippen molar-refractivity contribution in [1.29, 1.82) is 0 Å². The Morgan fingerprint density at radius 1 is 1.33 bits per heavy atom. The lowest BCUT2D eigenvalue weighted by Crippen LogP contribution is -2.44. The minimum Gasteiger partial charge on any atom is -0.387 e. The molecule has 0 radical (unpaired) electrons. The van der Waals surface area contributed by atoms with Crippen LogP contribution >= 0.6 is 0 Å². The van der Waals surface area contributed by atoms with Crippen LogP contribution in [0.15, 0.2) is 0 Å². The van der Waals surface area contributed by atoms with E-state index in [1.165, 1.54) is 0 Å². The second-order valence-corrected chi connectivity index (χ2v) is 2.72. The Hall–Kier alpha value is -0.300. The standard InChI is InChI=1S/C6H10F2O4/c7-1-3-4(9)5(10)6(11,2-8)12-3/h3-5,9-11H,1-2H2. The topological polar surface area (TPSA) is 69.9 Å². The lowest BCUT2D eigenvalue weighted by Gasteiger charge is -2.21. The fraction of sp³-hybridized carbons (Fsp3) is 1.00. The Bertz CT molecular complexity index is 168. The summed E-state index contributed by atoms with van der Waals surface area (Å²) in [5, 5.41) is 27.0. The zero-order chi connectivity index (χ0) is 9.35. The monoisotopic (exact) mass is 184 g/mol. The van der Waals surface area contributed by atoms with Crippen molar-refractivity contribution in [3.05, 3.63) is 0 Å². The fourth-order valence-electron chi connectivity index (χ4n) is 1.11. The molecule has 4 atom stereocenters. The molecule has 4 nitrogen and oxygen atoms in total. The third-order valence-electron chi connectivity index (χ3n) is 1.87. The number of aliphatic hydroxyl groups is 3. The van der Waals surface area contributed by atoms with E-state index in [-0.39, 0.29) is 0 Å². The molecule has 0 spiro atoms. The van der Waals surface area contributed by atoms with Gasteiger partial charge in [-0.2, -0.15) is 0 Å². The number of hydrogen-bond acceptors (Lipinski definition) is 4. The highest BCUT2D eigenvalue weighted by Gasteiger charge is 2.53. The van der Waals surface area contributed by atoms with E-state index in [4.69, 9.17) is 15.3 Å². The molecule has 6 heteroatoms. The van der Waals surface area contributed by atoms with Crippen molar-refractivity contribution in [2.24, 2.45) is 0 Å². The van der Waals surface area contributed by atoms with Gasteiger partial charge in [-0.15, -0.1) is 0 Å². The van der Waals surface area contributed by atoms with E-state index in [0.717, 1.165) is 0 Å². The fourth-order valence-corrected chi connectivity index (χ4v) is 1.11. The highest BCUT2D eigenvalue weighted by atomic mass is 19.1. The van der Waals surface area contributed by atoms with Crippen LogP contribution in [-0.4, -0.2) is 52.8 Å². The third-order valence-corrected chi connectivity index (χ3v) is 1.87. The predicted molar refractivity (Wildman–Crippen MR) is 33.8 cm³/mol. The molecule has 1 aliphatic heterocycles. The highest BCUT2D eigenvalue weighted by Crippen LogP contribution is 2.29. The van der Waals surface area contributed by atoms with Crippen molar-refractivity contribution >= 4 is 0 Å². The van der Waals surface area contributed by atoms with Crippen molar-refractivity contribution in [2.45, 2.75) is 24.1 Å². The summed E-state index contributed by atoms with van der Waals surface area (Å²) in [4.78, 5) is 0. The van der Waals surface area contributed by atoms with Gasteiger partial charge < -0.3 is 20.1 Å². The number of halogens is 2. The van der Waals surface area contributed by atoms with Crippen LogP contribution in [0.4, 0.5) is 8.78 Å². The maximum atomic E-state index is 12.0. The summed E-state index contributed by atoms with van der Waals surface area (Å²) in [6, 6.07) is 0. The quantitative estimate of drug-likeness (QED) is 0.500. The Balaban J connectivity index is 2.72. The molecule has 1 rings (SSSR count). The van der Waals surface area contributed by atoms with Crippen LogP contribution in [0.25, 0.3) is 0 Å². The summed E-state index contributed by atoms with van der Waals surface area (Å²) in [5.41, 5.74) is 0.